The smallest absolute Gasteiger partial charge is 0.412 e. The fourth-order valence-electron chi connectivity index (χ4n) is 1.43. The standard InChI is InChI=1S/C15H19N3O2/c1-3-5-11-20-15(19)18-14(16)12-6-8-13(9-7-12)17-10-4-2/h2,6-9,17H,3,5,10-11H2,1H3,(H2,16,18,19). The number of ether oxygens (including phenoxy) is 1. The average molecular weight is 273 g/mol. The summed E-state index contributed by atoms with van der Waals surface area (Å²) < 4.78 is 4.93. The largest absolute Gasteiger partial charge is 0.449 e. The molecule has 0 unspecified atom stereocenters. The van der Waals surface area contributed by atoms with Crippen LogP contribution >= 0.6 is 0 Å². The third-order valence-electron chi connectivity index (χ3n) is 2.53. The highest BCUT2D eigenvalue weighted by molar-refractivity contribution is 6.04. The van der Waals surface area contributed by atoms with E-state index >= 15 is 0 Å². The zero-order valence-electron chi connectivity index (χ0n) is 11.5. The lowest BCUT2D eigenvalue weighted by atomic mass is 10.2. The van der Waals surface area contributed by atoms with E-state index in [0.29, 0.717) is 18.7 Å². The summed E-state index contributed by atoms with van der Waals surface area (Å²) in [6, 6.07) is 7.05. The van der Waals surface area contributed by atoms with Crippen molar-refractivity contribution in [3.05, 3.63) is 29.8 Å². The van der Waals surface area contributed by atoms with Gasteiger partial charge in [0, 0.05) is 11.3 Å². The number of amides is 1. The van der Waals surface area contributed by atoms with Gasteiger partial charge in [-0.25, -0.2) is 4.79 Å². The number of anilines is 1. The summed E-state index contributed by atoms with van der Waals surface area (Å²) in [6.45, 7) is 2.82. The summed E-state index contributed by atoms with van der Waals surface area (Å²) in [4.78, 5) is 11.4. The van der Waals surface area contributed by atoms with Gasteiger partial charge >= 0.3 is 6.09 Å². The highest BCUT2D eigenvalue weighted by atomic mass is 16.5. The minimum absolute atomic E-state index is 0.00926. The minimum Gasteiger partial charge on any atom is -0.449 e. The van der Waals surface area contributed by atoms with Gasteiger partial charge in [0.15, 0.2) is 0 Å². The maximum atomic E-state index is 11.4. The zero-order chi connectivity index (χ0) is 14.8. The van der Waals surface area contributed by atoms with Crippen LogP contribution in [0.5, 0.6) is 0 Å². The van der Waals surface area contributed by atoms with Gasteiger partial charge in [0.25, 0.3) is 0 Å². The van der Waals surface area contributed by atoms with Crippen LogP contribution in [0.25, 0.3) is 0 Å². The van der Waals surface area contributed by atoms with E-state index in [0.717, 1.165) is 18.5 Å². The molecule has 0 aromatic heterocycles. The Morgan fingerprint density at radius 2 is 2.10 bits per heavy atom. The van der Waals surface area contributed by atoms with Gasteiger partial charge in [-0.1, -0.05) is 19.3 Å². The van der Waals surface area contributed by atoms with Gasteiger partial charge in [-0.15, -0.1) is 6.42 Å². The molecule has 0 heterocycles. The minimum atomic E-state index is -0.599. The number of hydrogen-bond acceptors (Lipinski definition) is 4. The molecule has 5 heteroatoms. The number of amidine groups is 1. The van der Waals surface area contributed by atoms with Crippen molar-refractivity contribution in [1.82, 2.24) is 5.32 Å². The quantitative estimate of drug-likeness (QED) is 0.323. The van der Waals surface area contributed by atoms with Crippen molar-refractivity contribution >= 4 is 17.6 Å². The summed E-state index contributed by atoms with van der Waals surface area (Å²) >= 11 is 0. The van der Waals surface area contributed by atoms with Crippen molar-refractivity contribution in [2.45, 2.75) is 19.8 Å². The molecular weight excluding hydrogens is 254 g/mol. The Kier molecular flexibility index (Phi) is 6.69. The maximum Gasteiger partial charge on any atom is 0.412 e. The number of alkyl carbamates (subject to hydrolysis) is 1. The van der Waals surface area contributed by atoms with Crippen molar-refractivity contribution < 1.29 is 9.53 Å². The van der Waals surface area contributed by atoms with E-state index in [1.54, 1.807) is 24.3 Å². The first kappa shape index (κ1) is 15.6. The van der Waals surface area contributed by atoms with Gasteiger partial charge in [0.2, 0.25) is 0 Å². The number of nitrogens with one attached hydrogen (secondary N) is 3. The van der Waals surface area contributed by atoms with E-state index in [1.807, 2.05) is 6.92 Å². The van der Waals surface area contributed by atoms with E-state index < -0.39 is 6.09 Å². The Bertz CT molecular complexity index is 489. The van der Waals surface area contributed by atoms with Crippen LogP contribution in [-0.2, 0) is 4.74 Å². The summed E-state index contributed by atoms with van der Waals surface area (Å²) in [7, 11) is 0. The van der Waals surface area contributed by atoms with Crippen LogP contribution in [0.15, 0.2) is 24.3 Å². The fourth-order valence-corrected chi connectivity index (χ4v) is 1.43. The molecule has 3 N–H and O–H groups in total. The molecular formula is C15H19N3O2. The molecule has 0 bridgehead atoms. The van der Waals surface area contributed by atoms with Crippen molar-refractivity contribution in [2.75, 3.05) is 18.5 Å². The summed E-state index contributed by atoms with van der Waals surface area (Å²) in [5.74, 6) is 2.49. The van der Waals surface area contributed by atoms with E-state index in [-0.39, 0.29) is 5.84 Å². The van der Waals surface area contributed by atoms with Crippen molar-refractivity contribution in [1.29, 1.82) is 5.41 Å². The Morgan fingerprint density at radius 3 is 2.70 bits per heavy atom. The predicted octanol–water partition coefficient (Wildman–Crippen LogP) is 2.58. The highest BCUT2D eigenvalue weighted by Crippen LogP contribution is 2.09. The first-order chi connectivity index (χ1) is 9.67. The number of hydrogen-bond donors (Lipinski definition) is 3. The Balaban J connectivity index is 2.47. The van der Waals surface area contributed by atoms with E-state index in [4.69, 9.17) is 16.6 Å². The molecule has 0 aliphatic rings. The first-order valence-corrected chi connectivity index (χ1v) is 6.47. The van der Waals surface area contributed by atoms with Crippen LogP contribution in [0, 0.1) is 17.8 Å². The second-order valence-corrected chi connectivity index (χ2v) is 4.12. The van der Waals surface area contributed by atoms with Crippen molar-refractivity contribution in [2.24, 2.45) is 0 Å². The lowest BCUT2D eigenvalue weighted by molar-refractivity contribution is 0.150. The molecule has 0 spiro atoms. The number of carbonyl (C=O) groups is 1. The molecule has 0 aliphatic heterocycles. The van der Waals surface area contributed by atoms with Gasteiger partial charge in [0.1, 0.15) is 5.84 Å². The number of unbranched alkanes of at least 4 members (excludes halogenated alkanes) is 1. The van der Waals surface area contributed by atoms with Gasteiger partial charge < -0.3 is 10.1 Å². The third kappa shape index (κ3) is 5.44. The number of rotatable bonds is 6. The summed E-state index contributed by atoms with van der Waals surface area (Å²) in [6.07, 6.45) is 6.32. The molecule has 0 saturated carbocycles. The van der Waals surface area contributed by atoms with Gasteiger partial charge in [-0.2, -0.15) is 0 Å². The third-order valence-corrected chi connectivity index (χ3v) is 2.53. The van der Waals surface area contributed by atoms with E-state index in [2.05, 4.69) is 16.6 Å². The molecule has 1 amide bonds. The van der Waals surface area contributed by atoms with Crippen LogP contribution < -0.4 is 10.6 Å². The first-order valence-electron chi connectivity index (χ1n) is 6.47. The maximum absolute atomic E-state index is 11.4. The predicted molar refractivity (Wildman–Crippen MR) is 80.0 cm³/mol. The van der Waals surface area contributed by atoms with Crippen molar-refractivity contribution in [3.8, 4) is 12.3 Å². The molecule has 106 valence electrons. The zero-order valence-corrected chi connectivity index (χ0v) is 11.5. The molecule has 0 aliphatic carbocycles. The summed E-state index contributed by atoms with van der Waals surface area (Å²) in [5, 5.41) is 13.2. The van der Waals surface area contributed by atoms with Gasteiger partial charge in [-0.3, -0.25) is 10.7 Å². The molecule has 0 fully saturated rings. The van der Waals surface area contributed by atoms with Gasteiger partial charge in [0.05, 0.1) is 13.2 Å². The second kappa shape index (κ2) is 8.59. The van der Waals surface area contributed by atoms with Crippen molar-refractivity contribution in [3.63, 3.8) is 0 Å². The lowest BCUT2D eigenvalue weighted by Gasteiger charge is -2.08. The molecule has 20 heavy (non-hydrogen) atoms. The number of terminal acetylenes is 1. The molecule has 1 aromatic carbocycles. The highest BCUT2D eigenvalue weighted by Gasteiger charge is 2.07. The Morgan fingerprint density at radius 1 is 1.40 bits per heavy atom. The average Bonchev–Trinajstić information content (AvgIpc) is 2.46. The van der Waals surface area contributed by atoms with Gasteiger partial charge in [-0.05, 0) is 30.7 Å². The van der Waals surface area contributed by atoms with Crippen LogP contribution in [0.2, 0.25) is 0 Å². The number of carbonyl (C=O) groups excluding carboxylic acids is 1. The van der Waals surface area contributed by atoms with Crippen LogP contribution in [0.1, 0.15) is 25.3 Å². The number of benzene rings is 1. The molecule has 0 saturated heterocycles. The SMILES string of the molecule is C#CCNc1ccc(C(=N)NC(=O)OCCCC)cc1. The van der Waals surface area contributed by atoms with Crippen LogP contribution in [-0.4, -0.2) is 25.1 Å². The topological polar surface area (TPSA) is 74.2 Å². The Labute approximate surface area is 119 Å². The molecule has 1 rings (SSSR count). The normalized spacial score (nSPS) is 9.40. The van der Waals surface area contributed by atoms with Crippen LogP contribution in [0.4, 0.5) is 10.5 Å². The second-order valence-electron chi connectivity index (χ2n) is 4.12. The van der Waals surface area contributed by atoms with E-state index in [1.165, 1.54) is 0 Å². The molecule has 1 aromatic rings. The molecule has 0 atom stereocenters. The molecule has 0 radical (unpaired) electrons. The lowest BCUT2D eigenvalue weighted by Crippen LogP contribution is -2.31. The Hall–Kier alpha value is -2.48. The van der Waals surface area contributed by atoms with E-state index in [9.17, 15) is 4.79 Å². The fraction of sp³-hybridized carbons (Fsp3) is 0.333. The molecule has 5 nitrogen and oxygen atoms in total. The monoisotopic (exact) mass is 273 g/mol. The summed E-state index contributed by atoms with van der Waals surface area (Å²) in [5.41, 5.74) is 1.47. The van der Waals surface area contributed by atoms with Crippen LogP contribution in [0.3, 0.4) is 0 Å².